The largest absolute Gasteiger partial charge is 0.497 e. The fourth-order valence-electron chi connectivity index (χ4n) is 1.31. The Hall–Kier alpha value is -1.94. The highest BCUT2D eigenvalue weighted by Crippen LogP contribution is 2.20. The maximum absolute atomic E-state index is 5.09. The topological polar surface area (TPSA) is 9.23 Å². The first-order valence-electron chi connectivity index (χ1n) is 4.42. The van der Waals surface area contributed by atoms with E-state index < -0.39 is 0 Å². The van der Waals surface area contributed by atoms with Crippen molar-refractivity contribution in [2.75, 3.05) is 7.11 Å². The monoisotopic (exact) mass is 182 g/mol. The lowest BCUT2D eigenvalue weighted by Crippen LogP contribution is -1.84. The minimum absolute atomic E-state index is 0.875. The Kier molecular flexibility index (Phi) is 2.38. The van der Waals surface area contributed by atoms with Crippen LogP contribution in [-0.2, 0) is 0 Å². The molecule has 1 heteroatoms. The van der Waals surface area contributed by atoms with E-state index in [0.29, 0.717) is 0 Å². The van der Waals surface area contributed by atoms with Crippen LogP contribution >= 0.6 is 0 Å². The number of allylic oxidation sites excluding steroid dienone is 4. The van der Waals surface area contributed by atoms with Crippen molar-refractivity contribution in [1.29, 1.82) is 0 Å². The van der Waals surface area contributed by atoms with Gasteiger partial charge in [0.05, 0.1) is 7.11 Å². The van der Waals surface area contributed by atoms with Crippen molar-refractivity contribution in [2.45, 2.75) is 0 Å². The molecule has 0 amide bonds. The van der Waals surface area contributed by atoms with Crippen LogP contribution in [-0.4, -0.2) is 7.11 Å². The van der Waals surface area contributed by atoms with Gasteiger partial charge in [0.1, 0.15) is 5.75 Å². The lowest BCUT2D eigenvalue weighted by atomic mass is 10.0. The molecule has 0 unspecified atom stereocenters. The fraction of sp³-hybridized carbons (Fsp3) is 0.0769. The van der Waals surface area contributed by atoms with Crippen LogP contribution < -0.4 is 4.74 Å². The maximum Gasteiger partial charge on any atom is 0.118 e. The average molecular weight is 182 g/mol. The molecule has 68 valence electrons. The molecule has 0 spiro atoms. The zero-order chi connectivity index (χ0) is 9.80. The van der Waals surface area contributed by atoms with E-state index in [1.807, 2.05) is 42.5 Å². The summed E-state index contributed by atoms with van der Waals surface area (Å²) < 4.78 is 5.09. The van der Waals surface area contributed by atoms with Gasteiger partial charge in [-0.3, -0.25) is 0 Å². The molecule has 0 aromatic heterocycles. The molecule has 0 saturated heterocycles. The molecule has 0 fully saturated rings. The third kappa shape index (κ3) is 1.70. The van der Waals surface area contributed by atoms with Crippen molar-refractivity contribution >= 4 is 5.57 Å². The van der Waals surface area contributed by atoms with E-state index in [1.54, 1.807) is 7.11 Å². The molecule has 0 bridgehead atoms. The molecule has 1 aliphatic rings. The minimum atomic E-state index is 0.875. The Morgan fingerprint density at radius 1 is 1.07 bits per heavy atom. The highest BCUT2D eigenvalue weighted by molar-refractivity contribution is 5.76. The van der Waals surface area contributed by atoms with Crippen molar-refractivity contribution in [1.82, 2.24) is 0 Å². The van der Waals surface area contributed by atoms with E-state index in [2.05, 4.69) is 11.5 Å². The summed E-state index contributed by atoms with van der Waals surface area (Å²) >= 11 is 0. The minimum Gasteiger partial charge on any atom is -0.497 e. The van der Waals surface area contributed by atoms with Crippen LogP contribution in [0.3, 0.4) is 0 Å². The van der Waals surface area contributed by atoms with Gasteiger partial charge in [-0.25, -0.2) is 0 Å². The second-order valence-corrected chi connectivity index (χ2v) is 2.95. The summed E-state index contributed by atoms with van der Waals surface area (Å²) in [4.78, 5) is 0. The Morgan fingerprint density at radius 2 is 1.86 bits per heavy atom. The van der Waals surface area contributed by atoms with Gasteiger partial charge in [0.25, 0.3) is 0 Å². The summed E-state index contributed by atoms with van der Waals surface area (Å²) in [5, 5.41) is 0. The number of ether oxygens (including phenoxy) is 1. The summed E-state index contributed by atoms with van der Waals surface area (Å²) in [5.74, 6) is 0.875. The lowest BCUT2D eigenvalue weighted by Gasteiger charge is -2.03. The van der Waals surface area contributed by atoms with Crippen molar-refractivity contribution in [3.8, 4) is 5.75 Å². The molecule has 0 radical (unpaired) electrons. The quantitative estimate of drug-likeness (QED) is 0.639. The molecule has 0 aliphatic heterocycles. The Balaban J connectivity index is 2.31. The molecule has 0 saturated carbocycles. The van der Waals surface area contributed by atoms with Crippen LogP contribution in [0, 0.1) is 0 Å². The Morgan fingerprint density at radius 3 is 2.43 bits per heavy atom. The molecule has 1 aromatic rings. The summed E-state index contributed by atoms with van der Waals surface area (Å²) in [6.45, 7) is 0. The van der Waals surface area contributed by atoms with Crippen molar-refractivity contribution in [3.63, 3.8) is 0 Å². The number of rotatable bonds is 2. The zero-order valence-corrected chi connectivity index (χ0v) is 7.95. The van der Waals surface area contributed by atoms with Crippen LogP contribution in [0.25, 0.3) is 5.57 Å². The zero-order valence-electron chi connectivity index (χ0n) is 7.95. The smallest absolute Gasteiger partial charge is 0.118 e. The summed E-state index contributed by atoms with van der Waals surface area (Å²) in [5.41, 5.74) is 8.12. The van der Waals surface area contributed by atoms with Crippen LogP contribution in [0.4, 0.5) is 0 Å². The van der Waals surface area contributed by atoms with E-state index in [9.17, 15) is 0 Å². The number of hydrogen-bond acceptors (Lipinski definition) is 1. The second-order valence-electron chi connectivity index (χ2n) is 2.95. The van der Waals surface area contributed by atoms with Crippen LogP contribution in [0.5, 0.6) is 5.75 Å². The van der Waals surface area contributed by atoms with E-state index in [4.69, 9.17) is 4.74 Å². The first-order valence-corrected chi connectivity index (χ1v) is 4.42. The Bertz CT molecular complexity index is 451. The maximum atomic E-state index is 5.09. The lowest BCUT2D eigenvalue weighted by molar-refractivity contribution is 0.415. The number of benzene rings is 1. The van der Waals surface area contributed by atoms with E-state index in [-0.39, 0.29) is 0 Å². The highest BCUT2D eigenvalue weighted by Gasteiger charge is 1.98. The van der Waals surface area contributed by atoms with Gasteiger partial charge in [-0.1, -0.05) is 23.6 Å². The molecule has 2 rings (SSSR count). The summed E-state index contributed by atoms with van der Waals surface area (Å²) in [7, 11) is 1.67. The van der Waals surface area contributed by atoms with Gasteiger partial charge >= 0.3 is 0 Å². The van der Waals surface area contributed by atoms with Crippen LogP contribution in [0.15, 0.2) is 54.0 Å². The first-order chi connectivity index (χ1) is 6.90. The number of methoxy groups -OCH3 is 1. The van der Waals surface area contributed by atoms with Gasteiger partial charge in [-0.2, -0.15) is 0 Å². The van der Waals surface area contributed by atoms with E-state index >= 15 is 0 Å². The van der Waals surface area contributed by atoms with Gasteiger partial charge in [0, 0.05) is 0 Å². The normalized spacial score (nSPS) is 12.8. The summed E-state index contributed by atoms with van der Waals surface area (Å²) in [6.07, 6.45) is 5.79. The van der Waals surface area contributed by atoms with E-state index in [1.165, 1.54) is 0 Å². The van der Waals surface area contributed by atoms with Crippen LogP contribution in [0.1, 0.15) is 5.56 Å². The summed E-state index contributed by atoms with van der Waals surface area (Å²) in [6, 6.07) is 7.96. The molecule has 0 atom stereocenters. The molecule has 14 heavy (non-hydrogen) atoms. The van der Waals surface area contributed by atoms with Crippen molar-refractivity contribution in [3.05, 3.63) is 59.5 Å². The molecule has 1 aliphatic carbocycles. The fourth-order valence-corrected chi connectivity index (χ4v) is 1.31. The molecule has 0 N–H and O–H groups in total. The molecule has 1 aromatic carbocycles. The van der Waals surface area contributed by atoms with Gasteiger partial charge in [0.15, 0.2) is 0 Å². The third-order valence-electron chi connectivity index (χ3n) is 2.08. The molecular formula is C13H10O. The molecule has 1 nitrogen and oxygen atoms in total. The van der Waals surface area contributed by atoms with Gasteiger partial charge < -0.3 is 4.74 Å². The average Bonchev–Trinajstić information content (AvgIpc) is 2.30. The van der Waals surface area contributed by atoms with Crippen molar-refractivity contribution < 1.29 is 4.74 Å². The van der Waals surface area contributed by atoms with Crippen molar-refractivity contribution in [2.24, 2.45) is 0 Å². The van der Waals surface area contributed by atoms with Gasteiger partial charge in [-0.05, 0) is 41.5 Å². The third-order valence-corrected chi connectivity index (χ3v) is 2.08. The van der Waals surface area contributed by atoms with Gasteiger partial charge in [-0.15, -0.1) is 0 Å². The van der Waals surface area contributed by atoms with Crippen LogP contribution in [0.2, 0.25) is 0 Å². The van der Waals surface area contributed by atoms with E-state index in [0.717, 1.165) is 16.9 Å². The first kappa shape index (κ1) is 8.65. The predicted octanol–water partition coefficient (Wildman–Crippen LogP) is 2.96. The Labute approximate surface area is 83.3 Å². The molecule has 0 heterocycles. The SMILES string of the molecule is COc1ccc(C2=CC=C=C=C2)cc1. The second kappa shape index (κ2) is 3.85. The molecular weight excluding hydrogens is 172 g/mol. The predicted molar refractivity (Wildman–Crippen MR) is 57.1 cm³/mol. The van der Waals surface area contributed by atoms with Gasteiger partial charge in [0.2, 0.25) is 0 Å². The standard InChI is InChI=1S/C13H10O/c1-14-13-9-7-12(8-10-13)11-5-3-2-4-6-11/h3,5-10H,1H3. The number of hydrogen-bond donors (Lipinski definition) is 0. The highest BCUT2D eigenvalue weighted by atomic mass is 16.5.